The molecule has 0 amide bonds. The van der Waals surface area contributed by atoms with E-state index in [-0.39, 0.29) is 11.1 Å². The van der Waals surface area contributed by atoms with Gasteiger partial charge in [0, 0.05) is 0 Å². The van der Waals surface area contributed by atoms with Gasteiger partial charge in [-0.15, -0.1) is 0 Å². The minimum Gasteiger partial charge on any atom is -0.423 e. The first-order valence-corrected chi connectivity index (χ1v) is 5.83. The summed E-state index contributed by atoms with van der Waals surface area (Å²) in [5.41, 5.74) is 0.189. The summed E-state index contributed by atoms with van der Waals surface area (Å²) in [4.78, 5) is 32.5. The van der Waals surface area contributed by atoms with Crippen molar-refractivity contribution in [3.8, 4) is 5.75 Å². The molecule has 2 aromatic rings. The van der Waals surface area contributed by atoms with Crippen LogP contribution in [0, 0.1) is 0 Å². The lowest BCUT2D eigenvalue weighted by atomic mass is 10.1. The molecule has 0 N–H and O–H groups in total. The van der Waals surface area contributed by atoms with Gasteiger partial charge in [0.15, 0.2) is 0 Å². The average Bonchev–Trinajstić information content (AvgIpc) is 2.48. The Balaban J connectivity index is 2.24. The quantitative estimate of drug-likeness (QED) is 0.370. The van der Waals surface area contributed by atoms with Crippen molar-refractivity contribution in [2.45, 2.75) is 0 Å². The second-order valence-electron chi connectivity index (χ2n) is 3.79. The van der Waals surface area contributed by atoms with E-state index in [0.29, 0.717) is 5.75 Å². The summed E-state index contributed by atoms with van der Waals surface area (Å²) in [6, 6.07) is 14.8. The molecule has 2 aromatic carbocycles. The first-order valence-electron chi connectivity index (χ1n) is 5.83. The number of carbonyl (C=O) groups excluding carboxylic acids is 2. The van der Waals surface area contributed by atoms with E-state index in [1.54, 1.807) is 42.5 Å². The highest BCUT2D eigenvalue weighted by molar-refractivity contribution is 6.03. The number of esters is 1. The van der Waals surface area contributed by atoms with Crippen LogP contribution in [0.25, 0.3) is 0 Å². The minimum absolute atomic E-state index is 0.0790. The second-order valence-corrected chi connectivity index (χ2v) is 3.79. The van der Waals surface area contributed by atoms with Crippen LogP contribution in [0.1, 0.15) is 20.7 Å². The van der Waals surface area contributed by atoms with Crippen LogP contribution in [-0.4, -0.2) is 19.0 Å². The zero-order chi connectivity index (χ0) is 14.4. The van der Waals surface area contributed by atoms with Gasteiger partial charge in [0.25, 0.3) is 0 Å². The molecule has 102 valence electrons. The molecular weight excluding hydrogens is 260 g/mol. The lowest BCUT2D eigenvalue weighted by molar-refractivity contribution is -0.216. The monoisotopic (exact) mass is 272 g/mol. The van der Waals surface area contributed by atoms with Gasteiger partial charge >= 0.3 is 11.9 Å². The van der Waals surface area contributed by atoms with Crippen molar-refractivity contribution in [2.75, 3.05) is 7.11 Å². The zero-order valence-corrected chi connectivity index (χ0v) is 10.7. The van der Waals surface area contributed by atoms with Gasteiger partial charge in [-0.1, -0.05) is 30.3 Å². The van der Waals surface area contributed by atoms with Crippen molar-refractivity contribution in [3.63, 3.8) is 0 Å². The van der Waals surface area contributed by atoms with E-state index < -0.39 is 11.9 Å². The highest BCUT2D eigenvalue weighted by atomic mass is 17.2. The largest absolute Gasteiger partial charge is 0.423 e. The van der Waals surface area contributed by atoms with E-state index >= 15 is 0 Å². The van der Waals surface area contributed by atoms with Gasteiger partial charge in [-0.05, 0) is 24.3 Å². The Morgan fingerprint density at radius 3 is 1.95 bits per heavy atom. The first-order chi connectivity index (χ1) is 9.72. The van der Waals surface area contributed by atoms with E-state index in [0.717, 1.165) is 0 Å². The molecule has 0 spiro atoms. The standard InChI is InChI=1S/C15H12O5/c1-18-20-15(17)13-10-6-5-9-12(13)14(16)19-11-7-3-2-4-8-11/h2-10H,1H3. The van der Waals surface area contributed by atoms with Crippen molar-refractivity contribution < 1.29 is 24.1 Å². The van der Waals surface area contributed by atoms with Crippen molar-refractivity contribution in [1.82, 2.24) is 0 Å². The molecule has 0 atom stereocenters. The number of hydrogen-bond donors (Lipinski definition) is 0. The lowest BCUT2D eigenvalue weighted by Gasteiger charge is -2.07. The molecule has 0 saturated carbocycles. The van der Waals surface area contributed by atoms with Crippen LogP contribution in [0.3, 0.4) is 0 Å². The maximum Gasteiger partial charge on any atom is 0.373 e. The SMILES string of the molecule is COOC(=O)c1ccccc1C(=O)Oc1ccccc1. The molecule has 2 rings (SSSR count). The number of hydrogen-bond acceptors (Lipinski definition) is 5. The molecule has 5 heteroatoms. The second kappa shape index (κ2) is 6.49. The van der Waals surface area contributed by atoms with Crippen LogP contribution in [0.5, 0.6) is 5.75 Å². The van der Waals surface area contributed by atoms with E-state index in [1.807, 2.05) is 0 Å². The molecule has 0 aliphatic heterocycles. The van der Waals surface area contributed by atoms with Gasteiger partial charge in [-0.2, -0.15) is 4.89 Å². The molecule has 20 heavy (non-hydrogen) atoms. The third-order valence-corrected chi connectivity index (χ3v) is 2.48. The predicted octanol–water partition coefficient (Wildman–Crippen LogP) is 2.62. The van der Waals surface area contributed by atoms with Gasteiger partial charge < -0.3 is 4.74 Å². The molecule has 0 unspecified atom stereocenters. The van der Waals surface area contributed by atoms with Gasteiger partial charge in [0.1, 0.15) is 5.75 Å². The third-order valence-electron chi connectivity index (χ3n) is 2.48. The van der Waals surface area contributed by atoms with Gasteiger partial charge in [-0.25, -0.2) is 9.59 Å². The van der Waals surface area contributed by atoms with Crippen LogP contribution in [0.4, 0.5) is 0 Å². The number of ether oxygens (including phenoxy) is 1. The van der Waals surface area contributed by atoms with Crippen LogP contribution in [-0.2, 0) is 9.78 Å². The van der Waals surface area contributed by atoms with Crippen molar-refractivity contribution in [2.24, 2.45) is 0 Å². The highest BCUT2D eigenvalue weighted by Crippen LogP contribution is 2.15. The summed E-state index contributed by atoms with van der Waals surface area (Å²) < 4.78 is 5.18. The van der Waals surface area contributed by atoms with Crippen LogP contribution < -0.4 is 4.74 Å². The number of carbonyl (C=O) groups is 2. The molecule has 0 saturated heterocycles. The maximum absolute atomic E-state index is 12.1. The fraction of sp³-hybridized carbons (Fsp3) is 0.0667. The van der Waals surface area contributed by atoms with Crippen LogP contribution in [0.2, 0.25) is 0 Å². The first kappa shape index (κ1) is 13.8. The molecule has 0 fully saturated rings. The smallest absolute Gasteiger partial charge is 0.373 e. The van der Waals surface area contributed by atoms with Crippen molar-refractivity contribution in [1.29, 1.82) is 0 Å². The summed E-state index contributed by atoms with van der Waals surface area (Å²) in [5.74, 6) is -1.000. The summed E-state index contributed by atoms with van der Waals surface area (Å²) >= 11 is 0. The number of para-hydroxylation sites is 1. The molecule has 0 heterocycles. The fourth-order valence-corrected chi connectivity index (χ4v) is 1.61. The summed E-state index contributed by atoms with van der Waals surface area (Å²) in [6.45, 7) is 0. The highest BCUT2D eigenvalue weighted by Gasteiger charge is 2.19. The lowest BCUT2D eigenvalue weighted by Crippen LogP contribution is -2.15. The molecule has 0 aliphatic rings. The fourth-order valence-electron chi connectivity index (χ4n) is 1.61. The Labute approximate surface area is 115 Å². The number of benzene rings is 2. The average molecular weight is 272 g/mol. The normalized spacial score (nSPS) is 9.85. The maximum atomic E-state index is 12.1. The Hall–Kier alpha value is -2.66. The Kier molecular flexibility index (Phi) is 4.47. The molecule has 0 aliphatic carbocycles. The topological polar surface area (TPSA) is 61.8 Å². The Bertz CT molecular complexity index is 607. The minimum atomic E-state index is -0.756. The summed E-state index contributed by atoms with van der Waals surface area (Å²) in [6.07, 6.45) is 0. The van der Waals surface area contributed by atoms with Gasteiger partial charge in [0.2, 0.25) is 0 Å². The van der Waals surface area contributed by atoms with E-state index in [9.17, 15) is 9.59 Å². The molecule has 5 nitrogen and oxygen atoms in total. The zero-order valence-electron chi connectivity index (χ0n) is 10.7. The van der Waals surface area contributed by atoms with E-state index in [2.05, 4.69) is 9.78 Å². The van der Waals surface area contributed by atoms with Gasteiger partial charge in [0.05, 0.1) is 18.2 Å². The van der Waals surface area contributed by atoms with Crippen molar-refractivity contribution >= 4 is 11.9 Å². The summed E-state index contributed by atoms with van der Waals surface area (Å²) in [7, 11) is 1.21. The summed E-state index contributed by atoms with van der Waals surface area (Å²) in [5, 5.41) is 0. The van der Waals surface area contributed by atoms with E-state index in [4.69, 9.17) is 4.74 Å². The number of rotatable bonds is 4. The Morgan fingerprint density at radius 1 is 0.800 bits per heavy atom. The molecule has 0 bridgehead atoms. The molecular formula is C15H12O5. The Morgan fingerprint density at radius 2 is 1.35 bits per heavy atom. The molecule has 0 aromatic heterocycles. The predicted molar refractivity (Wildman–Crippen MR) is 70.3 cm³/mol. The third kappa shape index (κ3) is 3.21. The van der Waals surface area contributed by atoms with Crippen molar-refractivity contribution in [3.05, 3.63) is 65.7 Å². The molecule has 0 radical (unpaired) electrons. The van der Waals surface area contributed by atoms with Crippen LogP contribution in [0.15, 0.2) is 54.6 Å². The van der Waals surface area contributed by atoms with Gasteiger partial charge in [-0.3, -0.25) is 4.89 Å². The van der Waals surface area contributed by atoms with E-state index in [1.165, 1.54) is 19.2 Å². The van der Waals surface area contributed by atoms with Crippen LogP contribution >= 0.6 is 0 Å².